The van der Waals surface area contributed by atoms with Gasteiger partial charge in [-0.05, 0) is 17.7 Å². The second kappa shape index (κ2) is 9.01. The Hall–Kier alpha value is -3.31. The van der Waals surface area contributed by atoms with E-state index >= 15 is 0 Å². The van der Waals surface area contributed by atoms with E-state index in [1.54, 1.807) is 30.8 Å². The Bertz CT molecular complexity index is 1060. The van der Waals surface area contributed by atoms with Gasteiger partial charge in [-0.25, -0.2) is 4.98 Å². The Balaban J connectivity index is 1.56. The summed E-state index contributed by atoms with van der Waals surface area (Å²) in [5.41, 5.74) is 6.03. The first-order valence-electron chi connectivity index (χ1n) is 9.76. The number of H-pyrrole nitrogens is 1. The van der Waals surface area contributed by atoms with E-state index in [1.807, 2.05) is 60.7 Å². The molecule has 3 aromatic carbocycles. The Kier molecular flexibility index (Phi) is 6.00. The molecule has 150 valence electrons. The molecule has 0 atom stereocenters. The van der Waals surface area contributed by atoms with Gasteiger partial charge in [0.05, 0.1) is 11.4 Å². The van der Waals surface area contributed by atoms with Gasteiger partial charge in [-0.1, -0.05) is 84.6 Å². The zero-order valence-corrected chi connectivity index (χ0v) is 17.8. The van der Waals surface area contributed by atoms with E-state index in [0.717, 1.165) is 39.0 Å². The van der Waals surface area contributed by atoms with Crippen molar-refractivity contribution in [3.8, 4) is 22.5 Å². The molecule has 1 amide bonds. The van der Waals surface area contributed by atoms with Crippen LogP contribution in [0.5, 0.6) is 0 Å². The monoisotopic (exact) mass is 413 g/mol. The molecule has 0 saturated carbocycles. The molecule has 0 fully saturated rings. The molecule has 0 saturated heterocycles. The predicted octanol–water partition coefficient (Wildman–Crippen LogP) is 5.74. The van der Waals surface area contributed by atoms with Crippen molar-refractivity contribution in [2.24, 2.45) is 0 Å². The number of thioether (sulfide) groups is 1. The van der Waals surface area contributed by atoms with Gasteiger partial charge in [0, 0.05) is 36.5 Å². The average Bonchev–Trinajstić information content (AvgIpc) is 3.23. The number of benzene rings is 3. The highest BCUT2D eigenvalue weighted by atomic mass is 32.2. The lowest BCUT2D eigenvalue weighted by Crippen LogP contribution is -2.21. The molecule has 4 nitrogen and oxygen atoms in total. The van der Waals surface area contributed by atoms with Crippen LogP contribution < -0.4 is 0 Å². The van der Waals surface area contributed by atoms with Crippen LogP contribution in [0.2, 0.25) is 0 Å². The summed E-state index contributed by atoms with van der Waals surface area (Å²) in [7, 11) is 3.52. The van der Waals surface area contributed by atoms with Crippen LogP contribution in [0.15, 0.2) is 90.1 Å². The first-order chi connectivity index (χ1) is 14.6. The second-order valence-electron chi connectivity index (χ2n) is 7.18. The van der Waals surface area contributed by atoms with Crippen LogP contribution in [0, 0.1) is 0 Å². The van der Waals surface area contributed by atoms with Gasteiger partial charge >= 0.3 is 0 Å². The standard InChI is InChI=1S/C25H23N3OS/c1-28(2)24(29)21-15-13-18(14-16-21)17-30-25-26-22(19-9-5-3-6-10-19)23(27-25)20-11-7-4-8-12-20/h3-16H,17H2,1-2H3,(H,26,27). The number of aromatic amines is 1. The van der Waals surface area contributed by atoms with Crippen molar-refractivity contribution in [1.29, 1.82) is 0 Å². The van der Waals surface area contributed by atoms with Crippen molar-refractivity contribution in [1.82, 2.24) is 14.9 Å². The molecule has 0 aliphatic carbocycles. The molecular formula is C25H23N3OS. The second-order valence-corrected chi connectivity index (χ2v) is 8.15. The van der Waals surface area contributed by atoms with Gasteiger partial charge in [-0.15, -0.1) is 0 Å². The maximum atomic E-state index is 12.1. The minimum absolute atomic E-state index is 0.0141. The minimum Gasteiger partial charge on any atom is -0.345 e. The van der Waals surface area contributed by atoms with Gasteiger partial charge in [0.25, 0.3) is 5.91 Å². The summed E-state index contributed by atoms with van der Waals surface area (Å²) in [5.74, 6) is 0.784. The van der Waals surface area contributed by atoms with Crippen LogP contribution in [-0.4, -0.2) is 34.9 Å². The summed E-state index contributed by atoms with van der Waals surface area (Å²) < 4.78 is 0. The number of carbonyl (C=O) groups is 1. The fourth-order valence-electron chi connectivity index (χ4n) is 3.19. The highest BCUT2D eigenvalue weighted by molar-refractivity contribution is 7.98. The SMILES string of the molecule is CN(C)C(=O)c1ccc(CSc2nc(-c3ccccc3)c(-c3ccccc3)[nH]2)cc1. The number of rotatable bonds is 6. The lowest BCUT2D eigenvalue weighted by Gasteiger charge is -2.10. The molecule has 30 heavy (non-hydrogen) atoms. The molecule has 4 aromatic rings. The topological polar surface area (TPSA) is 49.0 Å². The molecule has 0 spiro atoms. The van der Waals surface area contributed by atoms with Crippen LogP contribution in [0.25, 0.3) is 22.5 Å². The van der Waals surface area contributed by atoms with Crippen molar-refractivity contribution in [2.45, 2.75) is 10.9 Å². The fourth-order valence-corrected chi connectivity index (χ4v) is 4.02. The number of carbonyl (C=O) groups excluding carboxylic acids is 1. The molecule has 0 unspecified atom stereocenters. The van der Waals surface area contributed by atoms with Gasteiger partial charge in [-0.2, -0.15) is 0 Å². The number of aromatic nitrogens is 2. The number of imidazole rings is 1. The Labute approximate surface area is 181 Å². The summed E-state index contributed by atoms with van der Waals surface area (Å²) in [6.07, 6.45) is 0. The number of hydrogen-bond donors (Lipinski definition) is 1. The first-order valence-corrected chi connectivity index (χ1v) is 10.7. The predicted molar refractivity (Wildman–Crippen MR) is 123 cm³/mol. The molecule has 0 aliphatic heterocycles. The Morgan fingerprint density at radius 1 is 0.867 bits per heavy atom. The molecule has 0 radical (unpaired) electrons. The van der Waals surface area contributed by atoms with Crippen molar-refractivity contribution in [3.05, 3.63) is 96.1 Å². The summed E-state index contributed by atoms with van der Waals surface area (Å²) in [6, 6.07) is 28.3. The minimum atomic E-state index is 0.0141. The Morgan fingerprint density at radius 2 is 1.47 bits per heavy atom. The van der Waals surface area contributed by atoms with Crippen LogP contribution in [0.1, 0.15) is 15.9 Å². The highest BCUT2D eigenvalue weighted by Crippen LogP contribution is 2.33. The van der Waals surface area contributed by atoms with Crippen molar-refractivity contribution in [3.63, 3.8) is 0 Å². The van der Waals surface area contributed by atoms with Crippen molar-refractivity contribution >= 4 is 17.7 Å². The number of hydrogen-bond acceptors (Lipinski definition) is 3. The first kappa shape index (κ1) is 20.0. The van der Waals surface area contributed by atoms with E-state index in [9.17, 15) is 4.79 Å². The lowest BCUT2D eigenvalue weighted by atomic mass is 10.1. The van der Waals surface area contributed by atoms with Gasteiger partial charge in [0.1, 0.15) is 0 Å². The van der Waals surface area contributed by atoms with E-state index in [-0.39, 0.29) is 5.91 Å². The molecular weight excluding hydrogens is 390 g/mol. The normalized spacial score (nSPS) is 10.7. The third kappa shape index (κ3) is 4.47. The van der Waals surface area contributed by atoms with Gasteiger partial charge in [0.2, 0.25) is 0 Å². The fraction of sp³-hybridized carbons (Fsp3) is 0.120. The largest absolute Gasteiger partial charge is 0.345 e. The van der Waals surface area contributed by atoms with E-state index in [2.05, 4.69) is 29.2 Å². The lowest BCUT2D eigenvalue weighted by molar-refractivity contribution is 0.0827. The van der Waals surface area contributed by atoms with E-state index in [1.165, 1.54) is 0 Å². The third-order valence-electron chi connectivity index (χ3n) is 4.77. The van der Waals surface area contributed by atoms with Crippen molar-refractivity contribution in [2.75, 3.05) is 14.1 Å². The van der Waals surface area contributed by atoms with E-state index in [0.29, 0.717) is 5.56 Å². The summed E-state index contributed by atoms with van der Waals surface area (Å²) >= 11 is 1.66. The zero-order valence-electron chi connectivity index (χ0n) is 17.0. The summed E-state index contributed by atoms with van der Waals surface area (Å²) in [5, 5.41) is 0.876. The molecule has 4 rings (SSSR count). The number of amides is 1. The average molecular weight is 414 g/mol. The van der Waals surface area contributed by atoms with E-state index < -0.39 is 0 Å². The molecule has 0 aliphatic rings. The maximum Gasteiger partial charge on any atom is 0.253 e. The molecule has 1 N–H and O–H groups in total. The summed E-state index contributed by atoms with van der Waals surface area (Å²) in [6.45, 7) is 0. The van der Waals surface area contributed by atoms with Crippen LogP contribution in [0.4, 0.5) is 0 Å². The zero-order chi connectivity index (χ0) is 20.9. The number of nitrogens with one attached hydrogen (secondary N) is 1. The van der Waals surface area contributed by atoms with Gasteiger partial charge in [0.15, 0.2) is 5.16 Å². The summed E-state index contributed by atoms with van der Waals surface area (Å²) in [4.78, 5) is 22.0. The molecule has 0 bridgehead atoms. The maximum absolute atomic E-state index is 12.1. The van der Waals surface area contributed by atoms with Crippen LogP contribution in [-0.2, 0) is 5.75 Å². The van der Waals surface area contributed by atoms with Gasteiger partial charge in [-0.3, -0.25) is 4.79 Å². The quantitative estimate of drug-likeness (QED) is 0.410. The van der Waals surface area contributed by atoms with E-state index in [4.69, 9.17) is 4.98 Å². The van der Waals surface area contributed by atoms with Crippen molar-refractivity contribution < 1.29 is 4.79 Å². The molecule has 1 heterocycles. The highest BCUT2D eigenvalue weighted by Gasteiger charge is 2.14. The smallest absolute Gasteiger partial charge is 0.253 e. The van der Waals surface area contributed by atoms with Gasteiger partial charge < -0.3 is 9.88 Å². The molecule has 5 heteroatoms. The third-order valence-corrected chi connectivity index (χ3v) is 5.72. The molecule has 1 aromatic heterocycles. The Morgan fingerprint density at radius 3 is 2.07 bits per heavy atom. The van der Waals surface area contributed by atoms with Crippen LogP contribution >= 0.6 is 11.8 Å². The number of nitrogens with zero attached hydrogens (tertiary/aromatic N) is 2. The van der Waals surface area contributed by atoms with Crippen LogP contribution in [0.3, 0.4) is 0 Å².